The number of phenols is 1. The van der Waals surface area contributed by atoms with Crippen molar-refractivity contribution in [1.82, 2.24) is 20.1 Å². The summed E-state index contributed by atoms with van der Waals surface area (Å²) in [6, 6.07) is 7.57. The van der Waals surface area contributed by atoms with E-state index in [2.05, 4.69) is 28.3 Å². The Morgan fingerprint density at radius 3 is 2.72 bits per heavy atom. The molecule has 0 unspecified atom stereocenters. The Morgan fingerprint density at radius 1 is 1.21 bits per heavy atom. The van der Waals surface area contributed by atoms with Crippen LogP contribution in [0.3, 0.4) is 0 Å². The number of amides is 1. The largest absolute Gasteiger partial charge is 0.508 e. The molecule has 0 fully saturated rings. The van der Waals surface area contributed by atoms with E-state index in [4.69, 9.17) is 0 Å². The third-order valence-corrected chi connectivity index (χ3v) is 7.30. The van der Waals surface area contributed by atoms with Crippen LogP contribution >= 0.6 is 0 Å². The normalized spacial score (nSPS) is 14.5. The van der Waals surface area contributed by atoms with Gasteiger partial charge in [-0.05, 0) is 57.3 Å². The van der Waals surface area contributed by atoms with E-state index in [0.29, 0.717) is 46.9 Å². The molecule has 1 aliphatic heterocycles. The Morgan fingerprint density at radius 2 is 1.97 bits per heavy atom. The molecule has 200 valence electrons. The number of aromatic hydroxyl groups is 1. The van der Waals surface area contributed by atoms with E-state index in [9.17, 15) is 14.7 Å². The van der Waals surface area contributed by atoms with Gasteiger partial charge in [0, 0.05) is 64.4 Å². The first-order chi connectivity index (χ1) is 18.7. The van der Waals surface area contributed by atoms with Gasteiger partial charge in [-0.1, -0.05) is 24.8 Å². The van der Waals surface area contributed by atoms with Crippen LogP contribution < -0.4 is 10.6 Å². The highest BCUT2D eigenvalue weighted by atomic mass is 16.3. The second-order valence-electron chi connectivity index (χ2n) is 10.3. The van der Waals surface area contributed by atoms with Crippen molar-refractivity contribution in [3.63, 3.8) is 0 Å². The van der Waals surface area contributed by atoms with Crippen LogP contribution in [-0.4, -0.2) is 59.8 Å². The molecule has 1 aromatic heterocycles. The molecular formula is C31H33N5O3. The number of aromatic nitrogens is 1. The molecule has 1 amide bonds. The molecule has 2 aliphatic rings. The quantitative estimate of drug-likeness (QED) is 0.425. The van der Waals surface area contributed by atoms with Crippen molar-refractivity contribution in [1.29, 1.82) is 0 Å². The van der Waals surface area contributed by atoms with E-state index in [0.717, 1.165) is 27.6 Å². The third-order valence-electron chi connectivity index (χ3n) is 7.30. The molecule has 3 N–H and O–H groups in total. The van der Waals surface area contributed by atoms with Crippen LogP contribution in [0, 0.1) is 13.8 Å². The predicted octanol–water partition coefficient (Wildman–Crippen LogP) is 4.45. The number of carbonyl (C=O) groups excluding carboxylic acids is 2. The van der Waals surface area contributed by atoms with Crippen LogP contribution in [-0.2, 0) is 11.3 Å². The molecule has 1 aliphatic carbocycles. The van der Waals surface area contributed by atoms with Crippen molar-refractivity contribution >= 4 is 45.9 Å². The summed E-state index contributed by atoms with van der Waals surface area (Å²) in [6.07, 6.45) is 7.31. The number of benzene rings is 2. The molecule has 0 saturated heterocycles. The topological polar surface area (TPSA) is 99.0 Å². The number of nitrogens with one attached hydrogen (secondary N) is 2. The van der Waals surface area contributed by atoms with Crippen LogP contribution in [0.5, 0.6) is 5.75 Å². The molecule has 0 atom stereocenters. The van der Waals surface area contributed by atoms with Gasteiger partial charge in [-0.15, -0.1) is 0 Å². The van der Waals surface area contributed by atoms with Gasteiger partial charge in [0.1, 0.15) is 11.4 Å². The second kappa shape index (κ2) is 10.4. The predicted molar refractivity (Wildman–Crippen MR) is 157 cm³/mol. The first-order valence-corrected chi connectivity index (χ1v) is 13.0. The highest BCUT2D eigenvalue weighted by Gasteiger charge is 2.29. The number of carbonyl (C=O) groups is 2. The van der Waals surface area contributed by atoms with Crippen LogP contribution in [0.1, 0.15) is 44.7 Å². The van der Waals surface area contributed by atoms with Crippen molar-refractivity contribution in [2.75, 3.05) is 27.2 Å². The monoisotopic (exact) mass is 523 g/mol. The third kappa shape index (κ3) is 4.91. The molecule has 2 heterocycles. The van der Waals surface area contributed by atoms with Crippen LogP contribution in [0.2, 0.25) is 0 Å². The summed E-state index contributed by atoms with van der Waals surface area (Å²) in [6.45, 7) is 9.45. The average Bonchev–Trinajstić information content (AvgIpc) is 3.18. The molecule has 0 radical (unpaired) electrons. The van der Waals surface area contributed by atoms with Crippen LogP contribution in [0.25, 0.3) is 22.2 Å². The summed E-state index contributed by atoms with van der Waals surface area (Å²) in [7, 11) is 3.90. The average molecular weight is 524 g/mol. The SMILES string of the molecule is C=C1NC=Nc2cc(O)c(Cn3c(C(=O)NCCN(C)C)c(C4=CC=CCC4=O)c4cc(C)c(C)cc43)cc21. The van der Waals surface area contributed by atoms with Crippen LogP contribution in [0.4, 0.5) is 5.69 Å². The number of hydrogen-bond acceptors (Lipinski definition) is 6. The smallest absolute Gasteiger partial charge is 0.268 e. The highest BCUT2D eigenvalue weighted by molar-refractivity contribution is 6.27. The number of aliphatic imine (C=N–C) groups is 1. The lowest BCUT2D eigenvalue weighted by atomic mass is 9.92. The Hall–Kier alpha value is -4.43. The zero-order chi connectivity index (χ0) is 27.8. The number of allylic oxidation sites excluding steroid dienone is 4. The van der Waals surface area contributed by atoms with Crippen molar-refractivity contribution in [2.45, 2.75) is 26.8 Å². The summed E-state index contributed by atoms with van der Waals surface area (Å²) >= 11 is 0. The van der Waals surface area contributed by atoms with Gasteiger partial charge in [0.05, 0.1) is 18.6 Å². The maximum atomic E-state index is 13.9. The highest BCUT2D eigenvalue weighted by Crippen LogP contribution is 2.38. The number of phenolic OH excluding ortho intramolecular Hbond substituents is 1. The van der Waals surface area contributed by atoms with Crippen molar-refractivity contribution in [3.8, 4) is 5.75 Å². The summed E-state index contributed by atoms with van der Waals surface area (Å²) in [4.78, 5) is 33.4. The number of ketones is 1. The Bertz CT molecular complexity index is 1620. The fraction of sp³-hybridized carbons (Fsp3) is 0.258. The van der Waals surface area contributed by atoms with Gasteiger partial charge in [-0.3, -0.25) is 9.59 Å². The van der Waals surface area contributed by atoms with Gasteiger partial charge in [0.15, 0.2) is 5.78 Å². The fourth-order valence-corrected chi connectivity index (χ4v) is 5.05. The van der Waals surface area contributed by atoms with Crippen LogP contribution in [0.15, 0.2) is 54.1 Å². The molecule has 8 nitrogen and oxygen atoms in total. The van der Waals surface area contributed by atoms with E-state index < -0.39 is 0 Å². The molecule has 0 bridgehead atoms. The molecule has 2 aromatic carbocycles. The lowest BCUT2D eigenvalue weighted by molar-refractivity contribution is -0.113. The zero-order valence-corrected chi connectivity index (χ0v) is 22.8. The number of nitrogens with zero attached hydrogens (tertiary/aromatic N) is 3. The minimum absolute atomic E-state index is 0.0333. The summed E-state index contributed by atoms with van der Waals surface area (Å²) < 4.78 is 1.91. The number of fused-ring (bicyclic) bond motifs is 2. The Kier molecular flexibility index (Phi) is 6.97. The van der Waals surface area contributed by atoms with Crippen molar-refractivity contribution < 1.29 is 14.7 Å². The van der Waals surface area contributed by atoms with E-state index >= 15 is 0 Å². The van der Waals surface area contributed by atoms with Gasteiger partial charge in [0.2, 0.25) is 0 Å². The lowest BCUT2D eigenvalue weighted by Crippen LogP contribution is -2.33. The molecule has 39 heavy (non-hydrogen) atoms. The van der Waals surface area contributed by atoms with Gasteiger partial charge in [-0.2, -0.15) is 0 Å². The Balaban J connectivity index is 1.75. The van der Waals surface area contributed by atoms with E-state index in [-0.39, 0.29) is 30.4 Å². The number of likely N-dealkylation sites (N-methyl/N-ethyl adjacent to an activating group) is 1. The molecule has 0 spiro atoms. The number of Topliss-reactive ketones (excluding diaryl/α,β-unsaturated/α-hetero) is 1. The Labute approximate surface area is 228 Å². The van der Waals surface area contributed by atoms with Crippen molar-refractivity contribution in [3.05, 3.63) is 82.6 Å². The first-order valence-electron chi connectivity index (χ1n) is 13.0. The molecule has 8 heteroatoms. The minimum atomic E-state index is -0.269. The summed E-state index contributed by atoms with van der Waals surface area (Å²) in [5.74, 6) is -0.230. The van der Waals surface area contributed by atoms with Gasteiger partial charge in [0.25, 0.3) is 5.91 Å². The first kappa shape index (κ1) is 26.2. The summed E-state index contributed by atoms with van der Waals surface area (Å²) in [5, 5.41) is 17.9. The fourth-order valence-electron chi connectivity index (χ4n) is 5.05. The maximum Gasteiger partial charge on any atom is 0.268 e. The molecular weight excluding hydrogens is 490 g/mol. The maximum absolute atomic E-state index is 13.9. The van der Waals surface area contributed by atoms with Crippen molar-refractivity contribution in [2.24, 2.45) is 4.99 Å². The number of aryl methyl sites for hydroxylation is 2. The van der Waals surface area contributed by atoms with Gasteiger partial charge >= 0.3 is 0 Å². The zero-order valence-electron chi connectivity index (χ0n) is 22.8. The second-order valence-corrected chi connectivity index (χ2v) is 10.3. The number of hydrogen-bond donors (Lipinski definition) is 3. The lowest BCUT2D eigenvalue weighted by Gasteiger charge is -2.19. The number of rotatable bonds is 7. The minimum Gasteiger partial charge on any atom is -0.508 e. The molecule has 3 aromatic rings. The van der Waals surface area contributed by atoms with E-state index in [1.807, 2.05) is 61.7 Å². The van der Waals surface area contributed by atoms with E-state index in [1.165, 1.54) is 0 Å². The standard InChI is InChI=1S/C31H33N5O3/c1-18-12-24-26(13-19(18)2)36(16-21-14-23-20(3)33-17-34-25(23)15-28(21)38)30(31(39)32-10-11-35(4)5)29(24)22-8-6-7-9-27(22)37/h6-8,12-15,17,38H,3,9-11,16H2,1-2,4-5H3,(H,32,39)(H,33,34). The van der Waals surface area contributed by atoms with E-state index in [1.54, 1.807) is 18.5 Å². The molecule has 0 saturated carbocycles. The van der Waals surface area contributed by atoms with Gasteiger partial charge < -0.3 is 25.2 Å². The molecule has 5 rings (SSSR count). The van der Waals surface area contributed by atoms with Gasteiger partial charge in [-0.25, -0.2) is 4.99 Å². The summed E-state index contributed by atoms with van der Waals surface area (Å²) in [5.41, 5.74) is 7.18.